The number of carbonyl (C=O) groups is 1. The molecule has 0 aromatic carbocycles. The van der Waals surface area contributed by atoms with Crippen molar-refractivity contribution < 1.29 is 4.79 Å². The largest absolute Gasteiger partial charge is 0.302 e. The van der Waals surface area contributed by atoms with Gasteiger partial charge in [0.05, 0.1) is 0 Å². The number of nitrogens with one attached hydrogen (secondary N) is 1. The van der Waals surface area contributed by atoms with E-state index in [4.69, 9.17) is 0 Å². The minimum atomic E-state index is 0.155. The van der Waals surface area contributed by atoms with E-state index in [0.29, 0.717) is 10.7 Å². The molecule has 1 N–H and O–H groups in total. The number of carbonyl (C=O) groups excluding carboxylic acids is 1. The maximum atomic E-state index is 12.5. The normalized spacial score (nSPS) is 40.5. The zero-order valence-corrected chi connectivity index (χ0v) is 14.7. The molecule has 5 heteroatoms. The number of aromatic nitrogens is 1. The summed E-state index contributed by atoms with van der Waals surface area (Å²) < 4.78 is 0.329. The second-order valence-electron chi connectivity index (χ2n) is 7.61. The average molecular weight is 369 g/mol. The fourth-order valence-corrected chi connectivity index (χ4v) is 7.65. The number of rotatable bonds is 3. The summed E-state index contributed by atoms with van der Waals surface area (Å²) in [6.07, 6.45) is 10.2. The van der Waals surface area contributed by atoms with Gasteiger partial charge in [0, 0.05) is 21.8 Å². The van der Waals surface area contributed by atoms with Crippen molar-refractivity contribution in [2.75, 3.05) is 5.32 Å². The zero-order valence-electron chi connectivity index (χ0n) is 12.3. The van der Waals surface area contributed by atoms with Crippen LogP contribution in [0.2, 0.25) is 0 Å². The first-order valence-electron chi connectivity index (χ1n) is 7.85. The summed E-state index contributed by atoms with van der Waals surface area (Å²) in [6.45, 7) is 2.01. The van der Waals surface area contributed by atoms with Gasteiger partial charge in [-0.05, 0) is 62.7 Å². The van der Waals surface area contributed by atoms with E-state index in [1.807, 2.05) is 13.1 Å². The van der Waals surface area contributed by atoms with Gasteiger partial charge in [0.15, 0.2) is 5.13 Å². The van der Waals surface area contributed by atoms with Crippen molar-refractivity contribution >= 4 is 38.3 Å². The highest BCUT2D eigenvalue weighted by atomic mass is 79.9. The Hall–Kier alpha value is -0.420. The molecule has 4 bridgehead atoms. The van der Waals surface area contributed by atoms with Gasteiger partial charge in [-0.15, -0.1) is 11.3 Å². The molecule has 1 aromatic heterocycles. The SMILES string of the molecule is Cc1cnc(NC(=O)CC23C[C@@H]4C[C@H](CC(Br)(C4)C2)C3)s1. The molecule has 5 rings (SSSR count). The van der Waals surface area contributed by atoms with Crippen LogP contribution in [-0.2, 0) is 4.79 Å². The first kappa shape index (κ1) is 14.2. The standard InChI is InChI=1S/C16H21BrN2OS/c1-10-8-18-14(21-10)19-13(20)7-15-3-11-2-12(4-15)6-16(17,5-11)9-15/h8,11-12H,2-7,9H2,1H3,(H,18,19,20)/t11-,12-,15?,16?/m0/s1. The fraction of sp³-hybridized carbons (Fsp3) is 0.750. The lowest BCUT2D eigenvalue weighted by Gasteiger charge is -2.60. The summed E-state index contributed by atoms with van der Waals surface area (Å²) in [6, 6.07) is 0. The predicted molar refractivity (Wildman–Crippen MR) is 88.9 cm³/mol. The Morgan fingerprint density at radius 1 is 1.43 bits per heavy atom. The van der Waals surface area contributed by atoms with Gasteiger partial charge in [0.2, 0.25) is 5.91 Å². The van der Waals surface area contributed by atoms with Gasteiger partial charge in [-0.3, -0.25) is 4.79 Å². The summed E-state index contributed by atoms with van der Waals surface area (Å²) in [5.74, 6) is 1.82. The average Bonchev–Trinajstić information content (AvgIpc) is 2.69. The van der Waals surface area contributed by atoms with Crippen LogP contribution in [0.1, 0.15) is 49.8 Å². The van der Waals surface area contributed by atoms with Crippen molar-refractivity contribution in [1.82, 2.24) is 4.98 Å². The summed E-state index contributed by atoms with van der Waals surface area (Å²) in [5.41, 5.74) is 0.240. The third-order valence-electron chi connectivity index (χ3n) is 5.51. The third kappa shape index (κ3) is 2.67. The maximum Gasteiger partial charge on any atom is 0.226 e. The zero-order chi connectivity index (χ0) is 14.7. The van der Waals surface area contributed by atoms with Crippen molar-refractivity contribution in [3.63, 3.8) is 0 Å². The molecular weight excluding hydrogens is 348 g/mol. The van der Waals surface area contributed by atoms with Crippen LogP contribution in [0.5, 0.6) is 0 Å². The first-order valence-corrected chi connectivity index (χ1v) is 9.46. The van der Waals surface area contributed by atoms with Crippen LogP contribution in [0.3, 0.4) is 0 Å². The topological polar surface area (TPSA) is 42.0 Å². The Morgan fingerprint density at radius 2 is 2.14 bits per heavy atom. The lowest BCUT2D eigenvalue weighted by molar-refractivity contribution is -0.123. The van der Waals surface area contributed by atoms with E-state index in [-0.39, 0.29) is 11.3 Å². The van der Waals surface area contributed by atoms with Crippen molar-refractivity contribution in [2.45, 2.75) is 56.2 Å². The summed E-state index contributed by atoms with van der Waals surface area (Å²) in [4.78, 5) is 17.8. The van der Waals surface area contributed by atoms with E-state index < -0.39 is 0 Å². The molecule has 1 amide bonds. The highest BCUT2D eigenvalue weighted by Gasteiger charge is 2.57. The molecule has 4 fully saturated rings. The number of hydrogen-bond donors (Lipinski definition) is 1. The number of amides is 1. The van der Waals surface area contributed by atoms with Crippen LogP contribution in [0.15, 0.2) is 6.20 Å². The minimum Gasteiger partial charge on any atom is -0.302 e. The smallest absolute Gasteiger partial charge is 0.226 e. The molecule has 21 heavy (non-hydrogen) atoms. The Morgan fingerprint density at radius 3 is 2.71 bits per heavy atom. The second-order valence-corrected chi connectivity index (χ2v) is 10.5. The Bertz CT molecular complexity index is 571. The van der Waals surface area contributed by atoms with E-state index >= 15 is 0 Å². The number of halogens is 1. The van der Waals surface area contributed by atoms with Crippen LogP contribution < -0.4 is 5.32 Å². The number of thiazole rings is 1. The molecule has 4 saturated carbocycles. The third-order valence-corrected chi connectivity index (χ3v) is 7.27. The molecule has 0 spiro atoms. The van der Waals surface area contributed by atoms with Crippen LogP contribution in [-0.4, -0.2) is 15.2 Å². The lowest BCUT2D eigenvalue weighted by atomic mass is 9.48. The maximum absolute atomic E-state index is 12.5. The van der Waals surface area contributed by atoms with E-state index in [9.17, 15) is 4.79 Å². The highest BCUT2D eigenvalue weighted by molar-refractivity contribution is 9.10. The van der Waals surface area contributed by atoms with E-state index in [0.717, 1.165) is 21.8 Å². The van der Waals surface area contributed by atoms with Gasteiger partial charge >= 0.3 is 0 Å². The molecule has 0 aliphatic heterocycles. The van der Waals surface area contributed by atoms with Gasteiger partial charge < -0.3 is 5.32 Å². The van der Waals surface area contributed by atoms with E-state index in [1.54, 1.807) is 11.3 Å². The quantitative estimate of drug-likeness (QED) is 0.797. The molecule has 1 heterocycles. The molecule has 1 aromatic rings. The minimum absolute atomic E-state index is 0.155. The molecule has 3 nitrogen and oxygen atoms in total. The monoisotopic (exact) mass is 368 g/mol. The predicted octanol–water partition coefficient (Wildman–Crippen LogP) is 4.51. The van der Waals surface area contributed by atoms with Gasteiger partial charge in [0.1, 0.15) is 0 Å². The first-order chi connectivity index (χ1) is 9.94. The molecule has 0 unspecified atom stereocenters. The molecular formula is C16H21BrN2OS. The van der Waals surface area contributed by atoms with Crippen molar-refractivity contribution in [3.8, 4) is 0 Å². The van der Waals surface area contributed by atoms with Crippen molar-refractivity contribution in [2.24, 2.45) is 17.3 Å². The van der Waals surface area contributed by atoms with E-state index in [2.05, 4.69) is 26.2 Å². The molecule has 0 saturated heterocycles. The van der Waals surface area contributed by atoms with Gasteiger partial charge in [-0.1, -0.05) is 15.9 Å². The number of alkyl halides is 1. The van der Waals surface area contributed by atoms with Crippen LogP contribution in [0.4, 0.5) is 5.13 Å². The Balaban J connectivity index is 1.47. The lowest BCUT2D eigenvalue weighted by Crippen LogP contribution is -2.53. The van der Waals surface area contributed by atoms with Crippen LogP contribution in [0.25, 0.3) is 0 Å². The molecule has 114 valence electrons. The number of aryl methyl sites for hydroxylation is 1. The molecule has 4 aliphatic rings. The van der Waals surface area contributed by atoms with Gasteiger partial charge in [0.25, 0.3) is 0 Å². The highest BCUT2D eigenvalue weighted by Crippen LogP contribution is 2.65. The van der Waals surface area contributed by atoms with E-state index in [1.165, 1.54) is 38.5 Å². The van der Waals surface area contributed by atoms with Gasteiger partial charge in [-0.2, -0.15) is 0 Å². The van der Waals surface area contributed by atoms with Crippen LogP contribution >= 0.6 is 27.3 Å². The fourth-order valence-electron chi connectivity index (χ4n) is 5.46. The Labute approximate surface area is 138 Å². The molecule has 4 aliphatic carbocycles. The summed E-state index contributed by atoms with van der Waals surface area (Å²) >= 11 is 5.57. The number of nitrogens with zero attached hydrogens (tertiary/aromatic N) is 1. The van der Waals surface area contributed by atoms with Gasteiger partial charge in [-0.25, -0.2) is 4.98 Å². The second kappa shape index (κ2) is 4.79. The molecule has 2 atom stereocenters. The Kier molecular flexibility index (Phi) is 3.23. The van der Waals surface area contributed by atoms with Crippen molar-refractivity contribution in [1.29, 1.82) is 0 Å². The summed E-state index contributed by atoms with van der Waals surface area (Å²) in [5, 5.41) is 3.75. The number of hydrogen-bond acceptors (Lipinski definition) is 3. The number of anilines is 1. The van der Waals surface area contributed by atoms with Crippen LogP contribution in [0, 0.1) is 24.2 Å². The van der Waals surface area contributed by atoms with Crippen molar-refractivity contribution in [3.05, 3.63) is 11.1 Å². The molecule has 0 radical (unpaired) electrons. The summed E-state index contributed by atoms with van der Waals surface area (Å²) in [7, 11) is 0.